The molecule has 0 bridgehead atoms. The number of rotatable bonds is 11. The molecule has 2 aromatic heterocycles. The fraction of sp³-hybridized carbons (Fsp3) is 0.643. The molecule has 0 spiro atoms. The van der Waals surface area contributed by atoms with E-state index in [0.717, 1.165) is 6.42 Å². The highest BCUT2D eigenvalue weighted by atomic mass is 35.5. The van der Waals surface area contributed by atoms with Gasteiger partial charge in [0.25, 0.3) is 0 Å². The summed E-state index contributed by atoms with van der Waals surface area (Å²) in [6, 6.07) is 0. The van der Waals surface area contributed by atoms with Crippen LogP contribution in [0.4, 0.5) is 5.82 Å². The van der Waals surface area contributed by atoms with Gasteiger partial charge < -0.3 is 35.4 Å². The number of fused-ring (bicyclic) bond motifs is 1. The van der Waals surface area contributed by atoms with Gasteiger partial charge >= 0.3 is 26.8 Å². The maximum absolute atomic E-state index is 12.9. The molecule has 0 amide bonds. The van der Waals surface area contributed by atoms with Crippen molar-refractivity contribution in [1.82, 2.24) is 19.5 Å². The number of ether oxygens (including phenoxy) is 1. The number of nitrogens with zero attached hydrogens (tertiary/aromatic N) is 4. The third kappa shape index (κ3) is 6.19. The van der Waals surface area contributed by atoms with E-state index >= 15 is 0 Å². The molecule has 0 aliphatic carbocycles. The molecule has 23 heteroatoms. The first-order chi connectivity index (χ1) is 17.0. The molecule has 0 radical (unpaired) electrons. The normalized spacial score (nSPS) is 26.3. The summed E-state index contributed by atoms with van der Waals surface area (Å²) in [5, 5.41) is 21.3. The summed E-state index contributed by atoms with van der Waals surface area (Å²) in [6.07, 6.45) is -5.23. The molecule has 7 N–H and O–H groups in total. The third-order valence-electron chi connectivity index (χ3n) is 4.69. The Labute approximate surface area is 222 Å². The van der Waals surface area contributed by atoms with Crippen molar-refractivity contribution >= 4 is 75.0 Å². The van der Waals surface area contributed by atoms with Gasteiger partial charge in [-0.1, -0.05) is 41.9 Å². The number of aromatic nitrogens is 4. The Hall–Kier alpha value is -0.390. The lowest BCUT2D eigenvalue weighted by molar-refractivity contribution is -0.134. The van der Waals surface area contributed by atoms with E-state index in [4.69, 9.17) is 48.0 Å². The highest BCUT2D eigenvalue weighted by Gasteiger charge is 2.63. The van der Waals surface area contributed by atoms with Gasteiger partial charge in [0.15, 0.2) is 29.1 Å². The number of alkyl halides is 2. The minimum Gasteiger partial charge on any atom is -0.385 e. The summed E-state index contributed by atoms with van der Waals surface area (Å²) < 4.78 is 53.2. The number of aliphatic hydroxyl groups excluding tert-OH is 2. The van der Waals surface area contributed by atoms with Crippen LogP contribution in [0.1, 0.15) is 19.6 Å². The quantitative estimate of drug-likeness (QED) is 0.0877. The topological polar surface area (TPSA) is 259 Å². The summed E-state index contributed by atoms with van der Waals surface area (Å²) in [4.78, 5) is 40.8. The first kappa shape index (κ1) is 31.1. The summed E-state index contributed by atoms with van der Waals surface area (Å²) in [5.74, 6) is 0.723. The van der Waals surface area contributed by atoms with Gasteiger partial charge in [-0.25, -0.2) is 23.8 Å². The van der Waals surface area contributed by atoms with Gasteiger partial charge in [-0.05, 0) is 6.42 Å². The van der Waals surface area contributed by atoms with E-state index in [1.165, 1.54) is 22.7 Å². The van der Waals surface area contributed by atoms with Crippen molar-refractivity contribution in [3.8, 4) is 0 Å². The molecular formula is C14H22Cl2N5O12P3S. The fourth-order valence-corrected chi connectivity index (χ4v) is 8.19. The fourth-order valence-electron chi connectivity index (χ4n) is 2.88. The number of phosphoric ester groups is 1. The minimum atomic E-state index is -5.86. The van der Waals surface area contributed by atoms with E-state index in [1.807, 2.05) is 6.92 Å². The number of hydrogen-bond acceptors (Lipinski definition) is 14. The van der Waals surface area contributed by atoms with Crippen molar-refractivity contribution in [3.05, 3.63) is 6.33 Å². The van der Waals surface area contributed by atoms with E-state index in [1.54, 1.807) is 0 Å². The Balaban J connectivity index is 1.88. The molecule has 0 aromatic carbocycles. The standard InChI is InChI=1S/C14H22Cl2N5O12P3S/c1-3-4-37-13-19-9(17)6-10(20-13)21(5-18-6)11-7(22)8(23)12(31-11)32-36(29,30-2)33-35(27,28)14(15,16)34(24,25)26/h5,7-8,11-12,22-23H,3-4H2,1-2H3,(H,27,28)(H2,17,19,20)(H2,24,25,26)/t7-,8?,11+,12+,36?/m0/s1. The maximum atomic E-state index is 12.9. The van der Waals surface area contributed by atoms with Crippen LogP contribution in [0.2, 0.25) is 0 Å². The molecule has 1 saturated heterocycles. The first-order valence-electron chi connectivity index (χ1n) is 9.94. The zero-order valence-electron chi connectivity index (χ0n) is 18.8. The van der Waals surface area contributed by atoms with Crippen LogP contribution in [0.5, 0.6) is 0 Å². The van der Waals surface area contributed by atoms with E-state index < -0.39 is 51.6 Å². The molecule has 210 valence electrons. The van der Waals surface area contributed by atoms with Crippen LogP contribution in [-0.4, -0.2) is 79.6 Å². The second kappa shape index (κ2) is 11.2. The van der Waals surface area contributed by atoms with Gasteiger partial charge in [-0.15, -0.1) is 0 Å². The molecule has 1 aliphatic rings. The third-order valence-corrected chi connectivity index (χ3v) is 13.9. The van der Waals surface area contributed by atoms with Crippen LogP contribution >= 0.6 is 58.0 Å². The summed E-state index contributed by atoms with van der Waals surface area (Å²) in [6.45, 7) is 1.95. The number of phosphoric acid groups is 1. The zero-order valence-corrected chi connectivity index (χ0v) is 23.8. The van der Waals surface area contributed by atoms with Crippen molar-refractivity contribution in [3.63, 3.8) is 0 Å². The highest BCUT2D eigenvalue weighted by Crippen LogP contribution is 2.80. The summed E-state index contributed by atoms with van der Waals surface area (Å²) in [7, 11) is -16.2. The van der Waals surface area contributed by atoms with Crippen LogP contribution in [0, 0.1) is 0 Å². The average molecular weight is 648 g/mol. The summed E-state index contributed by atoms with van der Waals surface area (Å²) in [5.41, 5.74) is 6.21. The summed E-state index contributed by atoms with van der Waals surface area (Å²) >= 11 is 11.9. The van der Waals surface area contributed by atoms with Gasteiger partial charge in [0, 0.05) is 12.9 Å². The number of halogens is 2. The van der Waals surface area contributed by atoms with Gasteiger partial charge in [-0.3, -0.25) is 22.7 Å². The Bertz CT molecular complexity index is 1300. The number of anilines is 1. The smallest absolute Gasteiger partial charge is 0.385 e. The van der Waals surface area contributed by atoms with Crippen molar-refractivity contribution < 1.29 is 56.7 Å². The number of nitrogens with two attached hydrogens (primary N) is 1. The second-order valence-electron chi connectivity index (χ2n) is 7.33. The van der Waals surface area contributed by atoms with E-state index in [-0.39, 0.29) is 17.0 Å². The van der Waals surface area contributed by atoms with Crippen molar-refractivity contribution in [2.24, 2.45) is 0 Å². The maximum Gasteiger partial charge on any atom is 0.484 e. The highest BCUT2D eigenvalue weighted by molar-refractivity contribution is 7.99. The van der Waals surface area contributed by atoms with Crippen LogP contribution in [0.25, 0.3) is 11.2 Å². The Morgan fingerprint density at radius 1 is 1.22 bits per heavy atom. The second-order valence-corrected chi connectivity index (χ2v) is 16.7. The van der Waals surface area contributed by atoms with Crippen LogP contribution in [0.15, 0.2) is 11.5 Å². The predicted molar refractivity (Wildman–Crippen MR) is 130 cm³/mol. The van der Waals surface area contributed by atoms with E-state index in [2.05, 4.69) is 23.8 Å². The molecule has 2 aromatic rings. The lowest BCUT2D eigenvalue weighted by Gasteiger charge is -2.28. The van der Waals surface area contributed by atoms with Gasteiger partial charge in [-0.2, -0.15) is 0 Å². The number of aliphatic hydroxyl groups is 2. The van der Waals surface area contributed by atoms with Gasteiger partial charge in [0.05, 0.1) is 6.33 Å². The number of hydrogen-bond donors (Lipinski definition) is 6. The van der Waals surface area contributed by atoms with Gasteiger partial charge in [0.2, 0.25) is 0 Å². The Kier molecular flexibility index (Phi) is 9.46. The van der Waals surface area contributed by atoms with E-state index in [0.29, 0.717) is 18.0 Å². The largest absolute Gasteiger partial charge is 0.484 e. The van der Waals surface area contributed by atoms with Crippen molar-refractivity contribution in [1.29, 1.82) is 0 Å². The lowest BCUT2D eigenvalue weighted by atomic mass is 10.2. The molecule has 6 atom stereocenters. The zero-order chi connectivity index (χ0) is 28.0. The van der Waals surface area contributed by atoms with Crippen LogP contribution in [-0.2, 0) is 31.8 Å². The first-order valence-corrected chi connectivity index (χ1v) is 16.3. The lowest BCUT2D eigenvalue weighted by Crippen LogP contribution is -2.32. The number of nitrogen functional groups attached to an aromatic ring is 1. The Morgan fingerprint density at radius 3 is 2.43 bits per heavy atom. The van der Waals surface area contributed by atoms with Crippen molar-refractivity contribution in [2.45, 2.75) is 47.0 Å². The predicted octanol–water partition coefficient (Wildman–Crippen LogP) is 1.73. The van der Waals surface area contributed by atoms with Crippen LogP contribution in [0.3, 0.4) is 0 Å². The minimum absolute atomic E-state index is 0.0369. The number of thioether (sulfide) groups is 1. The average Bonchev–Trinajstić information content (AvgIpc) is 3.33. The van der Waals surface area contributed by atoms with E-state index in [9.17, 15) is 28.8 Å². The Morgan fingerprint density at radius 2 is 1.86 bits per heavy atom. The molecule has 37 heavy (non-hydrogen) atoms. The van der Waals surface area contributed by atoms with Crippen molar-refractivity contribution in [2.75, 3.05) is 18.6 Å². The molecule has 3 heterocycles. The molecular weight excluding hydrogens is 626 g/mol. The SMILES string of the molecule is CCCSc1nc(N)c2ncn([C@@H]3O[C@H](OP(=O)(OC)OP(=O)(O)C(Cl)(Cl)P(=O)(O)O)C(O)[C@@H]3O)c2n1. The molecule has 3 rings (SSSR count). The van der Waals surface area contributed by atoms with Crippen LogP contribution < -0.4 is 5.73 Å². The molecule has 3 unspecified atom stereocenters. The van der Waals surface area contributed by atoms with Gasteiger partial charge in [0.1, 0.15) is 17.7 Å². The molecule has 0 saturated carbocycles. The number of imidazole rings is 1. The molecule has 1 aliphatic heterocycles. The molecule has 1 fully saturated rings. The molecule has 17 nitrogen and oxygen atoms in total. The monoisotopic (exact) mass is 647 g/mol.